The van der Waals surface area contributed by atoms with Crippen molar-refractivity contribution in [1.29, 1.82) is 0 Å². The van der Waals surface area contributed by atoms with Gasteiger partial charge in [0.05, 0.1) is 24.2 Å². The first-order valence-corrected chi connectivity index (χ1v) is 5.43. The standard InChI is InChI=1S/C13H13NO3/c1-2-17-11-5-6-12-9(7-11)3-4-10(14-12)8-13(15)16/h3-7H,2,8H2,1H3,(H,15,16). The number of benzene rings is 1. The fourth-order valence-electron chi connectivity index (χ4n) is 1.66. The van der Waals surface area contributed by atoms with E-state index in [0.717, 1.165) is 16.7 Å². The van der Waals surface area contributed by atoms with E-state index in [9.17, 15) is 4.79 Å². The number of rotatable bonds is 4. The van der Waals surface area contributed by atoms with Gasteiger partial charge < -0.3 is 9.84 Å². The highest BCUT2D eigenvalue weighted by Crippen LogP contribution is 2.20. The van der Waals surface area contributed by atoms with Gasteiger partial charge in [0, 0.05) is 5.39 Å². The van der Waals surface area contributed by atoms with Gasteiger partial charge in [-0.2, -0.15) is 0 Å². The zero-order valence-electron chi connectivity index (χ0n) is 9.51. The van der Waals surface area contributed by atoms with Gasteiger partial charge in [-0.05, 0) is 31.2 Å². The number of pyridine rings is 1. The molecule has 0 atom stereocenters. The van der Waals surface area contributed by atoms with Crippen LogP contribution in [0.25, 0.3) is 10.9 Å². The van der Waals surface area contributed by atoms with Crippen LogP contribution in [-0.4, -0.2) is 22.7 Å². The minimum Gasteiger partial charge on any atom is -0.494 e. The Balaban J connectivity index is 2.36. The molecule has 0 spiro atoms. The zero-order valence-corrected chi connectivity index (χ0v) is 9.51. The summed E-state index contributed by atoms with van der Waals surface area (Å²) in [6, 6.07) is 9.17. The number of aromatic nitrogens is 1. The third-order valence-corrected chi connectivity index (χ3v) is 2.36. The molecule has 1 aromatic carbocycles. The number of ether oxygens (including phenoxy) is 1. The predicted molar refractivity (Wildman–Crippen MR) is 64.3 cm³/mol. The minimum atomic E-state index is -0.872. The smallest absolute Gasteiger partial charge is 0.309 e. The number of carboxylic acid groups (broad SMARTS) is 1. The van der Waals surface area contributed by atoms with E-state index in [2.05, 4.69) is 4.98 Å². The number of carbonyl (C=O) groups is 1. The van der Waals surface area contributed by atoms with E-state index in [1.807, 2.05) is 31.2 Å². The molecule has 2 rings (SSSR count). The molecule has 0 aliphatic heterocycles. The third-order valence-electron chi connectivity index (χ3n) is 2.36. The lowest BCUT2D eigenvalue weighted by molar-refractivity contribution is -0.136. The van der Waals surface area contributed by atoms with Crippen LogP contribution in [0.2, 0.25) is 0 Å². The summed E-state index contributed by atoms with van der Waals surface area (Å²) in [6.07, 6.45) is -0.0524. The highest BCUT2D eigenvalue weighted by molar-refractivity contribution is 5.81. The molecule has 1 heterocycles. The fourth-order valence-corrected chi connectivity index (χ4v) is 1.66. The number of carboxylic acids is 1. The minimum absolute atomic E-state index is 0.0524. The molecule has 0 fully saturated rings. The van der Waals surface area contributed by atoms with Gasteiger partial charge in [-0.15, -0.1) is 0 Å². The highest BCUT2D eigenvalue weighted by Gasteiger charge is 2.04. The van der Waals surface area contributed by atoms with Crippen LogP contribution in [0, 0.1) is 0 Å². The summed E-state index contributed by atoms with van der Waals surface area (Å²) in [7, 11) is 0. The molecule has 88 valence electrons. The van der Waals surface area contributed by atoms with Crippen LogP contribution in [0.4, 0.5) is 0 Å². The van der Waals surface area contributed by atoms with E-state index in [4.69, 9.17) is 9.84 Å². The van der Waals surface area contributed by atoms with Crippen molar-refractivity contribution >= 4 is 16.9 Å². The third kappa shape index (κ3) is 2.72. The largest absolute Gasteiger partial charge is 0.494 e. The molecule has 17 heavy (non-hydrogen) atoms. The Hall–Kier alpha value is -2.10. The molecular formula is C13H13NO3. The Labute approximate surface area is 98.9 Å². The van der Waals surface area contributed by atoms with Crippen molar-refractivity contribution < 1.29 is 14.6 Å². The van der Waals surface area contributed by atoms with Gasteiger partial charge in [0.15, 0.2) is 0 Å². The van der Waals surface area contributed by atoms with E-state index in [1.165, 1.54) is 0 Å². The van der Waals surface area contributed by atoms with Crippen molar-refractivity contribution in [3.05, 3.63) is 36.0 Å². The van der Waals surface area contributed by atoms with Gasteiger partial charge in [0.2, 0.25) is 0 Å². The topological polar surface area (TPSA) is 59.4 Å². The lowest BCUT2D eigenvalue weighted by Crippen LogP contribution is -2.02. The molecule has 0 saturated heterocycles. The maximum absolute atomic E-state index is 10.6. The molecule has 0 radical (unpaired) electrons. The monoisotopic (exact) mass is 231 g/mol. The SMILES string of the molecule is CCOc1ccc2nc(CC(=O)O)ccc2c1. The summed E-state index contributed by atoms with van der Waals surface area (Å²) in [5.74, 6) is -0.0735. The first-order chi connectivity index (χ1) is 8.19. The Morgan fingerprint density at radius 1 is 1.35 bits per heavy atom. The summed E-state index contributed by atoms with van der Waals surface area (Å²) >= 11 is 0. The maximum Gasteiger partial charge on any atom is 0.309 e. The summed E-state index contributed by atoms with van der Waals surface area (Å²) in [6.45, 7) is 2.55. The lowest BCUT2D eigenvalue weighted by Gasteiger charge is -2.05. The van der Waals surface area contributed by atoms with E-state index in [1.54, 1.807) is 6.07 Å². The van der Waals surface area contributed by atoms with Crippen molar-refractivity contribution in [2.75, 3.05) is 6.61 Å². The molecule has 0 aliphatic carbocycles. The van der Waals surface area contributed by atoms with E-state index >= 15 is 0 Å². The summed E-state index contributed by atoms with van der Waals surface area (Å²) in [5, 5.41) is 9.64. The molecule has 0 bridgehead atoms. The summed E-state index contributed by atoms with van der Waals surface area (Å²) in [5.41, 5.74) is 1.35. The zero-order chi connectivity index (χ0) is 12.3. The number of hydrogen-bond acceptors (Lipinski definition) is 3. The summed E-state index contributed by atoms with van der Waals surface area (Å²) < 4.78 is 5.39. The van der Waals surface area contributed by atoms with Gasteiger partial charge in [-0.25, -0.2) is 0 Å². The normalized spacial score (nSPS) is 10.4. The molecule has 0 unspecified atom stereocenters. The first-order valence-electron chi connectivity index (χ1n) is 5.43. The van der Waals surface area contributed by atoms with Crippen LogP contribution in [0.5, 0.6) is 5.75 Å². The van der Waals surface area contributed by atoms with E-state index in [-0.39, 0.29) is 6.42 Å². The van der Waals surface area contributed by atoms with E-state index < -0.39 is 5.97 Å². The van der Waals surface area contributed by atoms with Gasteiger partial charge in [0.25, 0.3) is 0 Å². The first kappa shape index (κ1) is 11.4. The molecule has 0 amide bonds. The second-order valence-corrected chi connectivity index (χ2v) is 3.66. The van der Waals surface area contributed by atoms with Crippen LogP contribution < -0.4 is 4.74 Å². The van der Waals surface area contributed by atoms with Crippen LogP contribution in [0.15, 0.2) is 30.3 Å². The van der Waals surface area contributed by atoms with Crippen molar-refractivity contribution in [3.63, 3.8) is 0 Å². The molecule has 2 aromatic rings. The van der Waals surface area contributed by atoms with Crippen molar-refractivity contribution in [2.24, 2.45) is 0 Å². The maximum atomic E-state index is 10.6. The molecule has 4 nitrogen and oxygen atoms in total. The molecule has 1 aromatic heterocycles. The molecule has 0 aliphatic rings. The van der Waals surface area contributed by atoms with Crippen molar-refractivity contribution in [1.82, 2.24) is 4.98 Å². The molecular weight excluding hydrogens is 218 g/mol. The lowest BCUT2D eigenvalue weighted by atomic mass is 10.1. The van der Waals surface area contributed by atoms with E-state index in [0.29, 0.717) is 12.3 Å². The van der Waals surface area contributed by atoms with Crippen molar-refractivity contribution in [2.45, 2.75) is 13.3 Å². The van der Waals surface area contributed by atoms with Crippen LogP contribution in [0.1, 0.15) is 12.6 Å². The second-order valence-electron chi connectivity index (χ2n) is 3.66. The number of nitrogens with zero attached hydrogens (tertiary/aromatic N) is 1. The fraction of sp³-hybridized carbons (Fsp3) is 0.231. The summed E-state index contributed by atoms with van der Waals surface area (Å²) in [4.78, 5) is 14.9. The molecule has 4 heteroatoms. The van der Waals surface area contributed by atoms with Gasteiger partial charge in [0.1, 0.15) is 5.75 Å². The highest BCUT2D eigenvalue weighted by atomic mass is 16.5. The molecule has 0 saturated carbocycles. The predicted octanol–water partition coefficient (Wildman–Crippen LogP) is 2.26. The van der Waals surface area contributed by atoms with Gasteiger partial charge >= 0.3 is 5.97 Å². The number of fused-ring (bicyclic) bond motifs is 1. The number of hydrogen-bond donors (Lipinski definition) is 1. The Kier molecular flexibility index (Phi) is 3.23. The Morgan fingerprint density at radius 3 is 2.88 bits per heavy atom. The second kappa shape index (κ2) is 4.82. The Morgan fingerprint density at radius 2 is 2.18 bits per heavy atom. The van der Waals surface area contributed by atoms with Crippen LogP contribution in [0.3, 0.4) is 0 Å². The van der Waals surface area contributed by atoms with Gasteiger partial charge in [-0.3, -0.25) is 9.78 Å². The van der Waals surface area contributed by atoms with Crippen LogP contribution >= 0.6 is 0 Å². The average Bonchev–Trinajstić information content (AvgIpc) is 2.29. The van der Waals surface area contributed by atoms with Gasteiger partial charge in [-0.1, -0.05) is 6.07 Å². The van der Waals surface area contributed by atoms with Crippen LogP contribution in [-0.2, 0) is 11.2 Å². The Bertz CT molecular complexity index is 551. The molecule has 1 N–H and O–H groups in total. The quantitative estimate of drug-likeness (QED) is 0.876. The average molecular weight is 231 g/mol. The van der Waals surface area contributed by atoms with Crippen molar-refractivity contribution in [3.8, 4) is 5.75 Å². The number of aliphatic carboxylic acids is 1.